The van der Waals surface area contributed by atoms with Gasteiger partial charge in [-0.1, -0.05) is 0 Å². The normalized spacial score (nSPS) is 10.6. The molecule has 0 aromatic carbocycles. The van der Waals surface area contributed by atoms with Gasteiger partial charge in [-0.05, 0) is 12.1 Å². The summed E-state index contributed by atoms with van der Waals surface area (Å²) in [6.45, 7) is 0. The zero-order chi connectivity index (χ0) is 11.5. The van der Waals surface area contributed by atoms with Crippen molar-refractivity contribution in [2.24, 2.45) is 4.99 Å². The van der Waals surface area contributed by atoms with Crippen LogP contribution in [0.15, 0.2) is 23.3 Å². The topological polar surface area (TPSA) is 59.4 Å². The van der Waals surface area contributed by atoms with Gasteiger partial charge in [0.1, 0.15) is 5.69 Å². The summed E-state index contributed by atoms with van der Waals surface area (Å²) >= 11 is 0. The standard InChI is InChI=1S/C8H3F3N2O2/c9-8(10,11)5-1-2-6(12-3-5)7(15)13-4-14/h1-3H. The minimum Gasteiger partial charge on any atom is -0.264 e. The first-order chi connectivity index (χ1) is 6.95. The van der Waals surface area contributed by atoms with Gasteiger partial charge in [-0.25, -0.2) is 4.79 Å². The summed E-state index contributed by atoms with van der Waals surface area (Å²) < 4.78 is 36.2. The number of hydrogen-bond donors (Lipinski definition) is 0. The lowest BCUT2D eigenvalue weighted by Crippen LogP contribution is -2.07. The molecule has 78 valence electrons. The van der Waals surface area contributed by atoms with Gasteiger partial charge < -0.3 is 0 Å². The Morgan fingerprint density at radius 2 is 2.07 bits per heavy atom. The van der Waals surface area contributed by atoms with Crippen molar-refractivity contribution >= 4 is 12.0 Å². The zero-order valence-electron chi connectivity index (χ0n) is 7.08. The molecule has 0 aliphatic rings. The van der Waals surface area contributed by atoms with Gasteiger partial charge in [0, 0.05) is 6.20 Å². The number of alkyl halides is 3. The third-order valence-corrected chi connectivity index (χ3v) is 1.46. The molecule has 1 rings (SSSR count). The first kappa shape index (κ1) is 11.1. The van der Waals surface area contributed by atoms with Gasteiger partial charge in [0.25, 0.3) is 0 Å². The molecule has 0 aliphatic carbocycles. The summed E-state index contributed by atoms with van der Waals surface area (Å²) in [5.41, 5.74) is -1.32. The lowest BCUT2D eigenvalue weighted by Gasteiger charge is -2.04. The zero-order valence-corrected chi connectivity index (χ0v) is 7.08. The maximum absolute atomic E-state index is 12.1. The maximum Gasteiger partial charge on any atom is 0.417 e. The van der Waals surface area contributed by atoms with Crippen LogP contribution < -0.4 is 0 Å². The fourth-order valence-electron chi connectivity index (χ4n) is 0.787. The first-order valence-corrected chi connectivity index (χ1v) is 3.60. The van der Waals surface area contributed by atoms with Crippen molar-refractivity contribution in [2.75, 3.05) is 0 Å². The number of pyridine rings is 1. The predicted octanol–water partition coefficient (Wildman–Crippen LogP) is 1.58. The number of halogens is 3. The highest BCUT2D eigenvalue weighted by Crippen LogP contribution is 2.28. The minimum atomic E-state index is -4.51. The molecule has 7 heteroatoms. The molecule has 1 aromatic heterocycles. The molecule has 1 heterocycles. The van der Waals surface area contributed by atoms with Gasteiger partial charge >= 0.3 is 12.1 Å². The molecule has 4 nitrogen and oxygen atoms in total. The smallest absolute Gasteiger partial charge is 0.264 e. The van der Waals surface area contributed by atoms with Crippen LogP contribution in [0.3, 0.4) is 0 Å². The Hall–Kier alpha value is -2.01. The van der Waals surface area contributed by atoms with Gasteiger partial charge in [0.2, 0.25) is 6.08 Å². The van der Waals surface area contributed by atoms with Crippen LogP contribution in [-0.2, 0) is 11.0 Å². The number of hydrogen-bond acceptors (Lipinski definition) is 3. The predicted molar refractivity (Wildman–Crippen MR) is 41.7 cm³/mol. The Labute approximate surface area is 81.5 Å². The van der Waals surface area contributed by atoms with E-state index in [0.29, 0.717) is 12.3 Å². The van der Waals surface area contributed by atoms with Crippen molar-refractivity contribution in [3.05, 3.63) is 29.6 Å². The number of carbonyl (C=O) groups is 1. The number of aliphatic imine (C=N–C) groups is 1. The summed E-state index contributed by atoms with van der Waals surface area (Å²) in [6.07, 6.45) is -3.04. The van der Waals surface area contributed by atoms with E-state index in [1.165, 1.54) is 0 Å². The van der Waals surface area contributed by atoms with Crippen LogP contribution in [0.4, 0.5) is 13.2 Å². The minimum absolute atomic E-state index is 0.341. The average molecular weight is 216 g/mol. The number of aromatic nitrogens is 1. The van der Waals surface area contributed by atoms with Crippen LogP contribution >= 0.6 is 0 Å². The van der Waals surface area contributed by atoms with Crippen LogP contribution in [0.1, 0.15) is 16.1 Å². The fourth-order valence-corrected chi connectivity index (χ4v) is 0.787. The molecule has 0 spiro atoms. The second-order valence-electron chi connectivity index (χ2n) is 2.44. The van der Waals surface area contributed by atoms with Crippen molar-refractivity contribution < 1.29 is 22.8 Å². The molecular weight excluding hydrogens is 213 g/mol. The molecular formula is C8H3F3N2O2. The van der Waals surface area contributed by atoms with Crippen LogP contribution in [0, 0.1) is 0 Å². The second-order valence-corrected chi connectivity index (χ2v) is 2.44. The molecule has 0 N–H and O–H groups in total. The lowest BCUT2D eigenvalue weighted by molar-refractivity contribution is -0.137. The Balaban J connectivity index is 3.00. The quantitative estimate of drug-likeness (QED) is 0.528. The molecule has 1 aromatic rings. The van der Waals surface area contributed by atoms with Gasteiger partial charge in [0.05, 0.1) is 5.56 Å². The molecule has 0 saturated heterocycles. The number of rotatable bonds is 1. The number of isocyanates is 1. The highest BCUT2D eigenvalue weighted by atomic mass is 19.4. The lowest BCUT2D eigenvalue weighted by atomic mass is 10.2. The van der Waals surface area contributed by atoms with Crippen LogP contribution in [-0.4, -0.2) is 17.0 Å². The molecule has 0 aliphatic heterocycles. The maximum atomic E-state index is 12.1. The molecule has 0 saturated carbocycles. The van der Waals surface area contributed by atoms with E-state index in [1.54, 1.807) is 0 Å². The molecule has 0 bridgehead atoms. The Kier molecular flexibility index (Phi) is 2.96. The van der Waals surface area contributed by atoms with E-state index >= 15 is 0 Å². The van der Waals surface area contributed by atoms with Crippen molar-refractivity contribution in [1.82, 2.24) is 4.98 Å². The van der Waals surface area contributed by atoms with Crippen LogP contribution in [0.2, 0.25) is 0 Å². The summed E-state index contributed by atoms with van der Waals surface area (Å²) in [4.78, 5) is 26.4. The number of amides is 1. The third-order valence-electron chi connectivity index (χ3n) is 1.46. The molecule has 15 heavy (non-hydrogen) atoms. The second kappa shape index (κ2) is 4.02. The van der Waals surface area contributed by atoms with E-state index in [0.717, 1.165) is 12.1 Å². The van der Waals surface area contributed by atoms with E-state index in [4.69, 9.17) is 0 Å². The van der Waals surface area contributed by atoms with Gasteiger partial charge in [-0.2, -0.15) is 13.2 Å². The molecule has 0 unspecified atom stereocenters. The molecule has 0 fully saturated rings. The van der Waals surface area contributed by atoms with Crippen LogP contribution in [0.5, 0.6) is 0 Å². The first-order valence-electron chi connectivity index (χ1n) is 3.60. The average Bonchev–Trinajstić information content (AvgIpc) is 2.17. The Morgan fingerprint density at radius 1 is 1.40 bits per heavy atom. The van der Waals surface area contributed by atoms with E-state index in [9.17, 15) is 22.8 Å². The van der Waals surface area contributed by atoms with E-state index < -0.39 is 17.6 Å². The van der Waals surface area contributed by atoms with Gasteiger partial charge in [-0.3, -0.25) is 9.78 Å². The van der Waals surface area contributed by atoms with Crippen LogP contribution in [0.25, 0.3) is 0 Å². The van der Waals surface area contributed by atoms with Gasteiger partial charge in [-0.15, -0.1) is 4.99 Å². The van der Waals surface area contributed by atoms with Gasteiger partial charge in [0.15, 0.2) is 0 Å². The Bertz CT molecular complexity index is 419. The summed E-state index contributed by atoms with van der Waals surface area (Å²) in [5.74, 6) is -1.03. The Morgan fingerprint density at radius 3 is 2.47 bits per heavy atom. The highest BCUT2D eigenvalue weighted by Gasteiger charge is 2.30. The summed E-state index contributed by atoms with van der Waals surface area (Å²) in [5, 5.41) is 0. The number of nitrogens with zero attached hydrogens (tertiary/aromatic N) is 2. The molecule has 0 radical (unpaired) electrons. The SMILES string of the molecule is O=C=NC(=O)c1ccc(C(F)(F)F)cn1. The third kappa shape index (κ3) is 2.72. The highest BCUT2D eigenvalue weighted by molar-refractivity contribution is 5.95. The van der Waals surface area contributed by atoms with Crippen molar-refractivity contribution in [3.8, 4) is 0 Å². The van der Waals surface area contributed by atoms with E-state index in [1.807, 2.05) is 0 Å². The largest absolute Gasteiger partial charge is 0.417 e. The summed E-state index contributed by atoms with van der Waals surface area (Å²) in [7, 11) is 0. The van der Waals surface area contributed by atoms with E-state index in [2.05, 4.69) is 9.98 Å². The fraction of sp³-hybridized carbons (Fsp3) is 0.125. The van der Waals surface area contributed by atoms with E-state index in [-0.39, 0.29) is 5.69 Å². The number of carbonyl (C=O) groups excluding carboxylic acids is 2. The van der Waals surface area contributed by atoms with Crippen molar-refractivity contribution in [1.29, 1.82) is 0 Å². The summed E-state index contributed by atoms with van der Waals surface area (Å²) in [6, 6.07) is 1.52. The van der Waals surface area contributed by atoms with Crippen molar-refractivity contribution in [3.63, 3.8) is 0 Å². The monoisotopic (exact) mass is 216 g/mol. The molecule has 1 amide bonds. The molecule has 0 atom stereocenters. The van der Waals surface area contributed by atoms with Crippen molar-refractivity contribution in [2.45, 2.75) is 6.18 Å².